The monoisotopic (exact) mass is 420 g/mol. The number of aryl methyl sites for hydroxylation is 2. The fraction of sp³-hybridized carbons (Fsp3) is 0.182. The van der Waals surface area contributed by atoms with E-state index in [0.29, 0.717) is 11.1 Å². The normalized spacial score (nSPS) is 11.0. The minimum absolute atomic E-state index is 0.152. The Kier molecular flexibility index (Phi) is 5.33. The summed E-state index contributed by atoms with van der Waals surface area (Å²) in [6.45, 7) is 3.87. The molecule has 1 amide bonds. The van der Waals surface area contributed by atoms with Crippen LogP contribution in [0.5, 0.6) is 0 Å². The lowest BCUT2D eigenvalue weighted by molar-refractivity contribution is -0.116. The molecule has 0 radical (unpaired) electrons. The molecule has 0 aliphatic carbocycles. The van der Waals surface area contributed by atoms with Crippen LogP contribution in [-0.2, 0) is 17.9 Å². The van der Waals surface area contributed by atoms with Crippen molar-refractivity contribution in [2.45, 2.75) is 26.9 Å². The zero-order chi connectivity index (χ0) is 21.3. The lowest BCUT2D eigenvalue weighted by atomic mass is 10.1. The number of carbonyl (C=O) groups excluding carboxylic acids is 1. The number of anilines is 1. The van der Waals surface area contributed by atoms with Crippen LogP contribution in [0.1, 0.15) is 16.0 Å². The van der Waals surface area contributed by atoms with E-state index in [1.165, 1.54) is 22.1 Å². The Labute approximate surface area is 176 Å². The number of rotatable bonds is 5. The van der Waals surface area contributed by atoms with E-state index in [1.54, 1.807) is 12.1 Å². The van der Waals surface area contributed by atoms with E-state index < -0.39 is 11.2 Å². The second kappa shape index (κ2) is 8.08. The Balaban J connectivity index is 1.73. The van der Waals surface area contributed by atoms with Crippen LogP contribution in [0.2, 0.25) is 0 Å². The van der Waals surface area contributed by atoms with Crippen LogP contribution in [0.25, 0.3) is 11.0 Å². The zero-order valence-electron chi connectivity index (χ0n) is 16.6. The van der Waals surface area contributed by atoms with Crippen LogP contribution in [0.4, 0.5) is 5.69 Å². The summed E-state index contributed by atoms with van der Waals surface area (Å²) in [6, 6.07) is 12.6. The van der Waals surface area contributed by atoms with Crippen molar-refractivity contribution in [1.29, 1.82) is 0 Å². The molecule has 3 aromatic heterocycles. The predicted molar refractivity (Wildman–Crippen MR) is 118 cm³/mol. The number of nitrogens with zero attached hydrogens (tertiary/aromatic N) is 3. The molecule has 0 aliphatic heterocycles. The van der Waals surface area contributed by atoms with Crippen LogP contribution in [-0.4, -0.2) is 20.0 Å². The molecule has 0 spiro atoms. The summed E-state index contributed by atoms with van der Waals surface area (Å²) in [5, 5.41) is 5.00. The number of amides is 1. The van der Waals surface area contributed by atoms with Crippen molar-refractivity contribution >= 4 is 34.0 Å². The number of nitrogens with one attached hydrogen (secondary N) is 1. The quantitative estimate of drug-likeness (QED) is 0.538. The van der Waals surface area contributed by atoms with Gasteiger partial charge >= 0.3 is 5.69 Å². The van der Waals surface area contributed by atoms with Crippen LogP contribution < -0.4 is 16.6 Å². The van der Waals surface area contributed by atoms with Gasteiger partial charge < -0.3 is 5.32 Å². The van der Waals surface area contributed by atoms with E-state index in [-0.39, 0.29) is 24.6 Å². The van der Waals surface area contributed by atoms with Gasteiger partial charge in [-0.15, -0.1) is 11.3 Å². The molecule has 1 aromatic carbocycles. The van der Waals surface area contributed by atoms with Crippen molar-refractivity contribution in [1.82, 2.24) is 14.1 Å². The van der Waals surface area contributed by atoms with E-state index in [0.717, 1.165) is 20.6 Å². The van der Waals surface area contributed by atoms with Gasteiger partial charge in [-0.3, -0.25) is 18.7 Å². The van der Waals surface area contributed by atoms with Gasteiger partial charge in [-0.1, -0.05) is 12.1 Å². The van der Waals surface area contributed by atoms with Gasteiger partial charge in [0, 0.05) is 16.8 Å². The van der Waals surface area contributed by atoms with Gasteiger partial charge in [-0.25, -0.2) is 9.78 Å². The Morgan fingerprint density at radius 1 is 1.07 bits per heavy atom. The first kappa shape index (κ1) is 19.8. The molecule has 0 saturated heterocycles. The fourth-order valence-corrected chi connectivity index (χ4v) is 3.94. The standard InChI is InChI=1S/C22H20N4O3S/c1-14-7-8-16(11-15(14)2)24-19(27)13-25-20-18(6-3-9-23-20)21(28)26(22(25)29)12-17-5-4-10-30-17/h3-11H,12-13H2,1-2H3,(H,24,27). The molecular formula is C22H20N4O3S. The average Bonchev–Trinajstić information content (AvgIpc) is 3.24. The molecule has 1 N–H and O–H groups in total. The van der Waals surface area contributed by atoms with Gasteiger partial charge in [0.1, 0.15) is 12.2 Å². The molecule has 0 aliphatic rings. The highest BCUT2D eigenvalue weighted by molar-refractivity contribution is 7.09. The van der Waals surface area contributed by atoms with Crippen LogP contribution in [0.3, 0.4) is 0 Å². The summed E-state index contributed by atoms with van der Waals surface area (Å²) >= 11 is 1.46. The van der Waals surface area contributed by atoms with Crippen molar-refractivity contribution in [2.75, 3.05) is 5.32 Å². The highest BCUT2D eigenvalue weighted by atomic mass is 32.1. The summed E-state index contributed by atoms with van der Waals surface area (Å²) in [7, 11) is 0. The zero-order valence-corrected chi connectivity index (χ0v) is 17.4. The van der Waals surface area contributed by atoms with Crippen molar-refractivity contribution in [2.24, 2.45) is 0 Å². The maximum absolute atomic E-state index is 13.1. The smallest absolute Gasteiger partial charge is 0.325 e. The molecule has 0 unspecified atom stereocenters. The Morgan fingerprint density at radius 3 is 2.63 bits per heavy atom. The van der Waals surface area contributed by atoms with E-state index >= 15 is 0 Å². The first-order valence-corrected chi connectivity index (χ1v) is 10.3. The number of benzene rings is 1. The highest BCUT2D eigenvalue weighted by Crippen LogP contribution is 2.14. The SMILES string of the molecule is Cc1ccc(NC(=O)Cn2c(=O)n(Cc3cccs3)c(=O)c3cccnc32)cc1C. The Hall–Kier alpha value is -3.52. The van der Waals surface area contributed by atoms with Gasteiger partial charge in [0.2, 0.25) is 5.91 Å². The maximum atomic E-state index is 13.1. The van der Waals surface area contributed by atoms with Crippen LogP contribution >= 0.6 is 11.3 Å². The third kappa shape index (κ3) is 3.81. The third-order valence-corrected chi connectivity index (χ3v) is 5.83. The van der Waals surface area contributed by atoms with Crippen LogP contribution in [0.15, 0.2) is 63.6 Å². The Bertz CT molecular complexity index is 1350. The van der Waals surface area contributed by atoms with Gasteiger partial charge in [0.05, 0.1) is 11.9 Å². The molecule has 0 saturated carbocycles. The number of carbonyl (C=O) groups is 1. The molecule has 4 aromatic rings. The first-order valence-electron chi connectivity index (χ1n) is 9.42. The number of fused-ring (bicyclic) bond motifs is 1. The van der Waals surface area contributed by atoms with Crippen molar-refractivity contribution in [3.05, 3.63) is 90.9 Å². The molecule has 0 fully saturated rings. The molecule has 0 bridgehead atoms. The number of hydrogen-bond acceptors (Lipinski definition) is 5. The fourth-order valence-electron chi connectivity index (χ4n) is 3.25. The second-order valence-electron chi connectivity index (χ2n) is 7.06. The minimum Gasteiger partial charge on any atom is -0.325 e. The Morgan fingerprint density at radius 2 is 1.90 bits per heavy atom. The number of pyridine rings is 1. The number of thiophene rings is 1. The van der Waals surface area contributed by atoms with Gasteiger partial charge in [-0.05, 0) is 60.7 Å². The lowest BCUT2D eigenvalue weighted by Crippen LogP contribution is -2.42. The van der Waals surface area contributed by atoms with Crippen LogP contribution in [0, 0.1) is 13.8 Å². The summed E-state index contributed by atoms with van der Waals surface area (Å²) in [5.41, 5.74) is 2.06. The van der Waals surface area contributed by atoms with Crippen molar-refractivity contribution in [3.63, 3.8) is 0 Å². The molecule has 7 nitrogen and oxygen atoms in total. The molecule has 30 heavy (non-hydrogen) atoms. The van der Waals surface area contributed by atoms with E-state index in [9.17, 15) is 14.4 Å². The minimum atomic E-state index is -0.560. The highest BCUT2D eigenvalue weighted by Gasteiger charge is 2.17. The van der Waals surface area contributed by atoms with E-state index in [4.69, 9.17) is 0 Å². The summed E-state index contributed by atoms with van der Waals surface area (Å²) < 4.78 is 2.40. The molecule has 3 heterocycles. The molecule has 8 heteroatoms. The average molecular weight is 420 g/mol. The van der Waals surface area contributed by atoms with Gasteiger partial charge in [0.25, 0.3) is 5.56 Å². The first-order chi connectivity index (χ1) is 14.4. The van der Waals surface area contributed by atoms with E-state index in [1.807, 2.05) is 49.6 Å². The third-order valence-electron chi connectivity index (χ3n) is 4.97. The summed E-state index contributed by atoms with van der Waals surface area (Å²) in [5.74, 6) is -0.367. The maximum Gasteiger partial charge on any atom is 0.333 e. The number of aromatic nitrogens is 3. The van der Waals surface area contributed by atoms with Gasteiger partial charge in [0.15, 0.2) is 0 Å². The summed E-state index contributed by atoms with van der Waals surface area (Å²) in [6.07, 6.45) is 1.50. The second-order valence-corrected chi connectivity index (χ2v) is 8.09. The molecule has 0 atom stereocenters. The van der Waals surface area contributed by atoms with Crippen molar-refractivity contribution < 1.29 is 4.79 Å². The summed E-state index contributed by atoms with van der Waals surface area (Å²) in [4.78, 5) is 43.8. The lowest BCUT2D eigenvalue weighted by Gasteiger charge is -2.13. The molecule has 4 rings (SSSR count). The number of hydrogen-bond donors (Lipinski definition) is 1. The van der Waals surface area contributed by atoms with Crippen molar-refractivity contribution in [3.8, 4) is 0 Å². The van der Waals surface area contributed by atoms with E-state index in [2.05, 4.69) is 10.3 Å². The topological polar surface area (TPSA) is 86.0 Å². The largest absolute Gasteiger partial charge is 0.333 e. The molecule has 152 valence electrons. The van der Waals surface area contributed by atoms with Gasteiger partial charge in [-0.2, -0.15) is 0 Å². The predicted octanol–water partition coefficient (Wildman–Crippen LogP) is 2.92. The molecular weight excluding hydrogens is 400 g/mol.